The van der Waals surface area contributed by atoms with Crippen LogP contribution in [0.1, 0.15) is 31.2 Å². The molecule has 0 saturated heterocycles. The van der Waals surface area contributed by atoms with Crippen LogP contribution in [0.4, 0.5) is 0 Å². The van der Waals surface area contributed by atoms with E-state index in [1.165, 1.54) is 42.0 Å². The van der Waals surface area contributed by atoms with Crippen molar-refractivity contribution in [3.8, 4) is 0 Å². The zero-order valence-corrected chi connectivity index (χ0v) is 11.7. The summed E-state index contributed by atoms with van der Waals surface area (Å²) in [5.41, 5.74) is 1.46. The van der Waals surface area contributed by atoms with Gasteiger partial charge < -0.3 is 5.32 Å². The second-order valence-electron chi connectivity index (χ2n) is 5.90. The van der Waals surface area contributed by atoms with Gasteiger partial charge in [0.05, 0.1) is 0 Å². The highest BCUT2D eigenvalue weighted by molar-refractivity contribution is 5.82. The summed E-state index contributed by atoms with van der Waals surface area (Å²) < 4.78 is 0. The highest BCUT2D eigenvalue weighted by atomic mass is 14.9. The molecule has 0 amide bonds. The summed E-state index contributed by atoms with van der Waals surface area (Å²) in [6.45, 7) is 0. The molecular weight excluding hydrogens is 230 g/mol. The minimum absolute atomic E-state index is 0.631. The highest BCUT2D eigenvalue weighted by Crippen LogP contribution is 2.31. The first kappa shape index (κ1) is 12.7. The minimum Gasteiger partial charge on any atom is -0.317 e. The van der Waals surface area contributed by atoms with Crippen LogP contribution in [0, 0.1) is 5.92 Å². The molecule has 1 fully saturated rings. The van der Waals surface area contributed by atoms with E-state index in [0.29, 0.717) is 6.04 Å². The van der Waals surface area contributed by atoms with Crippen molar-refractivity contribution in [2.45, 2.75) is 38.1 Å². The summed E-state index contributed by atoms with van der Waals surface area (Å²) in [5, 5.41) is 6.20. The molecule has 1 nitrogen and oxygen atoms in total. The number of nitrogens with one attached hydrogen (secondary N) is 1. The number of benzene rings is 2. The molecule has 1 atom stereocenters. The molecule has 1 aliphatic carbocycles. The Kier molecular flexibility index (Phi) is 3.84. The van der Waals surface area contributed by atoms with Gasteiger partial charge in [-0.05, 0) is 42.1 Å². The van der Waals surface area contributed by atoms with Gasteiger partial charge in [0.25, 0.3) is 0 Å². The van der Waals surface area contributed by atoms with E-state index in [2.05, 4.69) is 54.8 Å². The van der Waals surface area contributed by atoms with E-state index in [-0.39, 0.29) is 0 Å². The molecule has 0 spiro atoms. The number of hydrogen-bond donors (Lipinski definition) is 1. The van der Waals surface area contributed by atoms with Gasteiger partial charge in [0.1, 0.15) is 0 Å². The molecule has 19 heavy (non-hydrogen) atoms. The van der Waals surface area contributed by atoms with Gasteiger partial charge >= 0.3 is 0 Å². The molecule has 1 heteroatoms. The van der Waals surface area contributed by atoms with Gasteiger partial charge in [0.15, 0.2) is 0 Å². The van der Waals surface area contributed by atoms with Gasteiger partial charge in [0.2, 0.25) is 0 Å². The second-order valence-corrected chi connectivity index (χ2v) is 5.90. The molecule has 1 saturated carbocycles. The Hall–Kier alpha value is -1.34. The topological polar surface area (TPSA) is 12.0 Å². The third-order valence-electron chi connectivity index (χ3n) is 4.55. The minimum atomic E-state index is 0.631. The highest BCUT2D eigenvalue weighted by Gasteiger charge is 2.21. The van der Waals surface area contributed by atoms with Crippen LogP contribution in [0.2, 0.25) is 0 Å². The second kappa shape index (κ2) is 5.75. The molecule has 0 radical (unpaired) electrons. The maximum atomic E-state index is 3.50. The first-order valence-corrected chi connectivity index (χ1v) is 7.50. The summed E-state index contributed by atoms with van der Waals surface area (Å²) in [7, 11) is 2.10. The Morgan fingerprint density at radius 1 is 1.11 bits per heavy atom. The lowest BCUT2D eigenvalue weighted by Gasteiger charge is -2.29. The van der Waals surface area contributed by atoms with Gasteiger partial charge in [-0.25, -0.2) is 0 Å². The Balaban J connectivity index is 1.71. The molecule has 3 rings (SSSR count). The Morgan fingerprint density at radius 3 is 2.58 bits per heavy atom. The fourth-order valence-corrected chi connectivity index (χ4v) is 3.08. The van der Waals surface area contributed by atoms with Crippen molar-refractivity contribution in [2.24, 2.45) is 5.92 Å². The average molecular weight is 253 g/mol. The van der Waals surface area contributed by atoms with Crippen LogP contribution in [-0.4, -0.2) is 13.1 Å². The summed E-state index contributed by atoms with van der Waals surface area (Å²) >= 11 is 0. The van der Waals surface area contributed by atoms with Gasteiger partial charge in [0, 0.05) is 6.04 Å². The quantitative estimate of drug-likeness (QED) is 0.843. The predicted octanol–water partition coefficient (Wildman–Crippen LogP) is 4.16. The van der Waals surface area contributed by atoms with Crippen LogP contribution >= 0.6 is 0 Å². The number of hydrogen-bond acceptors (Lipinski definition) is 1. The van der Waals surface area contributed by atoms with Crippen LogP contribution in [-0.2, 0) is 6.42 Å². The molecule has 1 N–H and O–H groups in total. The van der Waals surface area contributed by atoms with Crippen molar-refractivity contribution < 1.29 is 0 Å². The van der Waals surface area contributed by atoms with Crippen LogP contribution in [0.3, 0.4) is 0 Å². The number of rotatable bonds is 5. The summed E-state index contributed by atoms with van der Waals surface area (Å²) in [5.74, 6) is 0.970. The van der Waals surface area contributed by atoms with Crippen molar-refractivity contribution in [1.82, 2.24) is 5.32 Å². The first-order valence-electron chi connectivity index (χ1n) is 7.50. The Morgan fingerprint density at radius 2 is 1.89 bits per heavy atom. The summed E-state index contributed by atoms with van der Waals surface area (Å²) in [6.07, 6.45) is 6.81. The first-order chi connectivity index (χ1) is 9.35. The fourth-order valence-electron chi connectivity index (χ4n) is 3.08. The lowest BCUT2D eigenvalue weighted by molar-refractivity contribution is 0.263. The summed E-state index contributed by atoms with van der Waals surface area (Å²) in [6, 6.07) is 16.1. The third-order valence-corrected chi connectivity index (χ3v) is 4.55. The van der Waals surface area contributed by atoms with Gasteiger partial charge in [-0.2, -0.15) is 0 Å². The van der Waals surface area contributed by atoms with Gasteiger partial charge in [-0.1, -0.05) is 61.7 Å². The van der Waals surface area contributed by atoms with E-state index in [0.717, 1.165) is 12.3 Å². The zero-order chi connectivity index (χ0) is 13.1. The van der Waals surface area contributed by atoms with Crippen molar-refractivity contribution in [1.29, 1.82) is 0 Å². The average Bonchev–Trinajstić information content (AvgIpc) is 2.41. The van der Waals surface area contributed by atoms with Gasteiger partial charge in [-0.15, -0.1) is 0 Å². The maximum Gasteiger partial charge on any atom is 0.0107 e. The molecule has 2 aromatic rings. The normalized spacial score (nSPS) is 17.3. The smallest absolute Gasteiger partial charge is 0.0107 e. The molecule has 1 aliphatic rings. The van der Waals surface area contributed by atoms with E-state index in [1.807, 2.05) is 0 Å². The standard InChI is InChI=1S/C18H23N/c1-19-18(12-14-5-4-6-14)13-15-9-10-16-7-2-3-8-17(16)11-15/h2-3,7-11,14,18-19H,4-6,12-13H2,1H3. The summed E-state index contributed by atoms with van der Waals surface area (Å²) in [4.78, 5) is 0. The van der Waals surface area contributed by atoms with E-state index < -0.39 is 0 Å². The lowest BCUT2D eigenvalue weighted by Crippen LogP contribution is -2.31. The van der Waals surface area contributed by atoms with E-state index in [9.17, 15) is 0 Å². The molecule has 2 aromatic carbocycles. The molecule has 0 aromatic heterocycles. The van der Waals surface area contributed by atoms with Crippen LogP contribution in [0.5, 0.6) is 0 Å². The predicted molar refractivity (Wildman–Crippen MR) is 82.5 cm³/mol. The molecule has 0 bridgehead atoms. The lowest BCUT2D eigenvalue weighted by atomic mass is 9.80. The van der Waals surface area contributed by atoms with E-state index >= 15 is 0 Å². The fraction of sp³-hybridized carbons (Fsp3) is 0.444. The molecule has 0 heterocycles. The van der Waals surface area contributed by atoms with Crippen LogP contribution in [0.25, 0.3) is 10.8 Å². The SMILES string of the molecule is CNC(Cc1ccc2ccccc2c1)CC1CCC1. The zero-order valence-electron chi connectivity index (χ0n) is 11.7. The number of fused-ring (bicyclic) bond motifs is 1. The largest absolute Gasteiger partial charge is 0.317 e. The monoisotopic (exact) mass is 253 g/mol. The molecule has 1 unspecified atom stereocenters. The molecule has 0 aliphatic heterocycles. The van der Waals surface area contributed by atoms with Crippen molar-refractivity contribution >= 4 is 10.8 Å². The Bertz CT molecular complexity index is 542. The van der Waals surface area contributed by atoms with E-state index in [4.69, 9.17) is 0 Å². The van der Waals surface area contributed by atoms with Crippen molar-refractivity contribution in [2.75, 3.05) is 7.05 Å². The van der Waals surface area contributed by atoms with Crippen molar-refractivity contribution in [3.63, 3.8) is 0 Å². The van der Waals surface area contributed by atoms with Crippen LogP contribution < -0.4 is 5.32 Å². The number of likely N-dealkylation sites (N-methyl/N-ethyl adjacent to an activating group) is 1. The maximum absolute atomic E-state index is 3.50. The van der Waals surface area contributed by atoms with Crippen LogP contribution in [0.15, 0.2) is 42.5 Å². The third kappa shape index (κ3) is 2.98. The Labute approximate surface area is 116 Å². The van der Waals surface area contributed by atoms with E-state index in [1.54, 1.807) is 0 Å². The van der Waals surface area contributed by atoms with Gasteiger partial charge in [-0.3, -0.25) is 0 Å². The molecular formula is C18H23N. The molecule has 100 valence electrons. The van der Waals surface area contributed by atoms with Crippen molar-refractivity contribution in [3.05, 3.63) is 48.0 Å².